The van der Waals surface area contributed by atoms with Crippen LogP contribution in [0.3, 0.4) is 0 Å². The Morgan fingerprint density at radius 1 is 1.17 bits per heavy atom. The van der Waals surface area contributed by atoms with Gasteiger partial charge in [0.05, 0.1) is 20.7 Å². The van der Waals surface area contributed by atoms with Gasteiger partial charge in [0.15, 0.2) is 9.84 Å². The number of anilines is 2. The van der Waals surface area contributed by atoms with Gasteiger partial charge in [-0.25, -0.2) is 13.4 Å². The number of rotatable bonds is 8. The lowest BCUT2D eigenvalue weighted by molar-refractivity contribution is 0.0927. The monoisotopic (exact) mass is 549 g/mol. The number of para-hydroxylation sites is 1. The van der Waals surface area contributed by atoms with Gasteiger partial charge in [0.1, 0.15) is 10.7 Å². The number of amides is 1. The molecule has 2 N–H and O–H groups in total. The summed E-state index contributed by atoms with van der Waals surface area (Å²) in [6.45, 7) is 3.96. The lowest BCUT2D eigenvalue weighted by Crippen LogP contribution is -2.38. The number of benzene rings is 1. The van der Waals surface area contributed by atoms with Crippen LogP contribution in [-0.2, 0) is 9.84 Å². The van der Waals surface area contributed by atoms with Crippen molar-refractivity contribution in [2.45, 2.75) is 55.7 Å². The average molecular weight is 550 g/mol. The second-order valence-corrected chi connectivity index (χ2v) is 13.4. The molecule has 1 aliphatic rings. The van der Waals surface area contributed by atoms with E-state index in [1.54, 1.807) is 13.8 Å². The molecule has 4 rings (SSSR count). The van der Waals surface area contributed by atoms with E-state index < -0.39 is 15.1 Å². The lowest BCUT2D eigenvalue weighted by Gasteiger charge is -2.29. The Labute approximate surface area is 221 Å². The van der Waals surface area contributed by atoms with E-state index in [0.29, 0.717) is 11.9 Å². The number of thiophene rings is 1. The summed E-state index contributed by atoms with van der Waals surface area (Å²) in [5.41, 5.74) is 0.904. The summed E-state index contributed by atoms with van der Waals surface area (Å²) in [4.78, 5) is 24.5. The van der Waals surface area contributed by atoms with Crippen molar-refractivity contribution in [3.8, 4) is 0 Å². The molecule has 0 saturated heterocycles. The van der Waals surface area contributed by atoms with Crippen molar-refractivity contribution >= 4 is 61.4 Å². The molecule has 3 aromatic rings. The third-order valence-electron chi connectivity index (χ3n) is 6.57. The summed E-state index contributed by atoms with van der Waals surface area (Å²) in [5, 5.41) is 8.36. The first kappa shape index (κ1) is 26.6. The number of carbonyl (C=O) groups excluding carboxylic acids is 1. The predicted octanol–water partition coefficient (Wildman–Crippen LogP) is 4.99. The number of nitrogens with zero attached hydrogens (tertiary/aromatic N) is 3. The van der Waals surface area contributed by atoms with Gasteiger partial charge in [0, 0.05) is 37.4 Å². The minimum absolute atomic E-state index is 0.0246. The van der Waals surface area contributed by atoms with E-state index in [-0.39, 0.29) is 26.7 Å². The van der Waals surface area contributed by atoms with Crippen molar-refractivity contribution < 1.29 is 13.2 Å². The lowest BCUT2D eigenvalue weighted by atomic mass is 9.86. The van der Waals surface area contributed by atoms with Gasteiger partial charge in [0.25, 0.3) is 5.91 Å². The van der Waals surface area contributed by atoms with Crippen molar-refractivity contribution in [3.05, 3.63) is 39.5 Å². The first-order valence-corrected chi connectivity index (χ1v) is 14.9. The van der Waals surface area contributed by atoms with Gasteiger partial charge in [-0.3, -0.25) is 4.79 Å². The minimum Gasteiger partial charge on any atom is -0.362 e. The molecule has 0 radical (unpaired) electrons. The summed E-state index contributed by atoms with van der Waals surface area (Å²) in [6.07, 6.45) is 3.61. The molecule has 1 amide bonds. The highest BCUT2D eigenvalue weighted by molar-refractivity contribution is 7.92. The number of aromatic nitrogens is 2. The van der Waals surface area contributed by atoms with E-state index in [9.17, 15) is 13.2 Å². The van der Waals surface area contributed by atoms with Crippen LogP contribution in [0.5, 0.6) is 0 Å². The fraction of sp³-hybridized carbons (Fsp3) is 0.480. The average Bonchev–Trinajstić information content (AvgIpc) is 3.25. The molecule has 8 nitrogen and oxygen atoms in total. The molecule has 0 atom stereocenters. The molecular formula is C25H32ClN5O3S2. The zero-order chi connectivity index (χ0) is 26.0. The standard InChI is InChI=1S/C25H32ClN5O3S2/c1-15(2)36(33,34)20-14-35-22(21(20)26)24(32)28-17-11-9-16(10-12-17)13-27-25-29-19-8-6-5-7-18(19)23(30-25)31(3)4/h5-8,14-17H,9-13H2,1-4H3,(H,28,32)(H,27,29,30). The highest BCUT2D eigenvalue weighted by atomic mass is 35.5. The molecule has 1 aromatic carbocycles. The summed E-state index contributed by atoms with van der Waals surface area (Å²) in [5.74, 6) is 1.64. The first-order chi connectivity index (χ1) is 17.1. The Hall–Kier alpha value is -2.43. The molecule has 1 saturated carbocycles. The molecule has 2 heterocycles. The topological polar surface area (TPSA) is 104 Å². The van der Waals surface area contributed by atoms with Crippen molar-refractivity contribution in [3.63, 3.8) is 0 Å². The maximum Gasteiger partial charge on any atom is 0.263 e. The van der Waals surface area contributed by atoms with Crippen LogP contribution in [0.1, 0.15) is 49.2 Å². The minimum atomic E-state index is -3.53. The fourth-order valence-corrected chi connectivity index (χ4v) is 7.39. The molecule has 194 valence electrons. The molecular weight excluding hydrogens is 518 g/mol. The molecule has 2 aromatic heterocycles. The first-order valence-electron chi connectivity index (χ1n) is 12.1. The fourth-order valence-electron chi connectivity index (χ4n) is 4.40. The molecule has 0 bridgehead atoms. The molecule has 0 unspecified atom stereocenters. The normalized spacial score (nSPS) is 18.4. The third-order valence-corrected chi connectivity index (χ3v) is 10.5. The van der Waals surface area contributed by atoms with Crippen LogP contribution in [0.15, 0.2) is 34.5 Å². The molecule has 36 heavy (non-hydrogen) atoms. The van der Waals surface area contributed by atoms with Gasteiger partial charge in [-0.2, -0.15) is 4.98 Å². The maximum absolute atomic E-state index is 12.8. The van der Waals surface area contributed by atoms with E-state index in [0.717, 1.165) is 60.3 Å². The Bertz CT molecular complexity index is 1350. The smallest absolute Gasteiger partial charge is 0.263 e. The van der Waals surface area contributed by atoms with Gasteiger partial charge in [-0.05, 0) is 57.6 Å². The Morgan fingerprint density at radius 2 is 1.86 bits per heavy atom. The number of hydrogen-bond acceptors (Lipinski definition) is 8. The van der Waals surface area contributed by atoms with Crippen LogP contribution in [0.4, 0.5) is 11.8 Å². The van der Waals surface area contributed by atoms with Crippen molar-refractivity contribution in [2.75, 3.05) is 30.9 Å². The number of hydrogen-bond donors (Lipinski definition) is 2. The van der Waals surface area contributed by atoms with E-state index in [1.807, 2.05) is 43.3 Å². The van der Waals surface area contributed by atoms with E-state index in [1.165, 1.54) is 5.38 Å². The third kappa shape index (κ3) is 5.60. The number of nitrogens with one attached hydrogen (secondary N) is 2. The van der Waals surface area contributed by atoms with Crippen molar-refractivity contribution in [1.82, 2.24) is 15.3 Å². The molecule has 1 fully saturated rings. The number of halogens is 1. The largest absolute Gasteiger partial charge is 0.362 e. The predicted molar refractivity (Wildman–Crippen MR) is 147 cm³/mol. The number of sulfone groups is 1. The Kier molecular flexibility index (Phi) is 8.06. The van der Waals surface area contributed by atoms with Crippen molar-refractivity contribution in [2.24, 2.45) is 5.92 Å². The van der Waals surface area contributed by atoms with Crippen LogP contribution in [0, 0.1) is 5.92 Å². The summed E-state index contributed by atoms with van der Waals surface area (Å²) >= 11 is 7.38. The van der Waals surface area contributed by atoms with Gasteiger partial charge >= 0.3 is 0 Å². The zero-order valence-electron chi connectivity index (χ0n) is 20.9. The maximum atomic E-state index is 12.8. The number of carbonyl (C=O) groups is 1. The molecule has 0 spiro atoms. The highest BCUT2D eigenvalue weighted by Crippen LogP contribution is 2.34. The zero-order valence-corrected chi connectivity index (χ0v) is 23.3. The van der Waals surface area contributed by atoms with Gasteiger partial charge in [0.2, 0.25) is 5.95 Å². The summed E-state index contributed by atoms with van der Waals surface area (Å²) in [6, 6.07) is 8.01. The molecule has 11 heteroatoms. The van der Waals surface area contributed by atoms with E-state index >= 15 is 0 Å². The second-order valence-electron chi connectivity index (χ2n) is 9.69. The van der Waals surface area contributed by atoms with Gasteiger partial charge < -0.3 is 15.5 Å². The Morgan fingerprint density at radius 3 is 2.53 bits per heavy atom. The summed E-state index contributed by atoms with van der Waals surface area (Å²) in [7, 11) is 0.416. The quantitative estimate of drug-likeness (QED) is 0.407. The van der Waals surface area contributed by atoms with E-state index in [2.05, 4.69) is 15.6 Å². The van der Waals surface area contributed by atoms with Crippen LogP contribution in [0.25, 0.3) is 10.9 Å². The second kappa shape index (κ2) is 10.9. The Balaban J connectivity index is 1.32. The van der Waals surface area contributed by atoms with Crippen LogP contribution < -0.4 is 15.5 Å². The van der Waals surface area contributed by atoms with Gasteiger partial charge in [-0.15, -0.1) is 11.3 Å². The van der Waals surface area contributed by atoms with E-state index in [4.69, 9.17) is 16.6 Å². The highest BCUT2D eigenvalue weighted by Gasteiger charge is 2.29. The number of fused-ring (bicyclic) bond motifs is 1. The molecule has 1 aliphatic carbocycles. The summed E-state index contributed by atoms with van der Waals surface area (Å²) < 4.78 is 24.9. The van der Waals surface area contributed by atoms with Crippen LogP contribution in [0.2, 0.25) is 5.02 Å². The van der Waals surface area contributed by atoms with Gasteiger partial charge in [-0.1, -0.05) is 23.7 Å². The SMILES string of the molecule is CC(C)S(=O)(=O)c1csc(C(=O)NC2CCC(CNc3nc(N(C)C)c4ccccc4n3)CC2)c1Cl. The van der Waals surface area contributed by atoms with Crippen LogP contribution >= 0.6 is 22.9 Å². The molecule has 0 aliphatic heterocycles. The van der Waals surface area contributed by atoms with Crippen LogP contribution in [-0.4, -0.2) is 56.2 Å². The van der Waals surface area contributed by atoms with Crippen molar-refractivity contribution in [1.29, 1.82) is 0 Å².